The zero-order valence-corrected chi connectivity index (χ0v) is 8.42. The van der Waals surface area contributed by atoms with Gasteiger partial charge in [0.2, 0.25) is 0 Å². The molecule has 4 N–H and O–H groups in total. The summed E-state index contributed by atoms with van der Waals surface area (Å²) >= 11 is 3.01. The molecule has 0 aliphatic carbocycles. The van der Waals surface area contributed by atoms with Gasteiger partial charge in [-0.3, -0.25) is 4.57 Å². The van der Waals surface area contributed by atoms with Crippen LogP contribution in [0.5, 0.6) is 0 Å². The Labute approximate surface area is 77.7 Å². The SMILES string of the molecule is Nc1ccc(P(=O)(O)O)c(Br)c1. The van der Waals surface area contributed by atoms with Gasteiger partial charge in [-0.05, 0) is 34.1 Å². The third-order valence-electron chi connectivity index (χ3n) is 1.29. The van der Waals surface area contributed by atoms with Crippen molar-refractivity contribution in [1.82, 2.24) is 0 Å². The molecule has 0 aliphatic rings. The molecule has 4 nitrogen and oxygen atoms in total. The number of nitrogens with two attached hydrogens (primary N) is 1. The van der Waals surface area contributed by atoms with Crippen molar-refractivity contribution in [2.75, 3.05) is 5.73 Å². The predicted octanol–water partition coefficient (Wildman–Crippen LogP) is 0.834. The maximum absolute atomic E-state index is 10.8. The molecule has 0 amide bonds. The fraction of sp³-hybridized carbons (Fsp3) is 0. The van der Waals surface area contributed by atoms with E-state index in [9.17, 15) is 4.57 Å². The summed E-state index contributed by atoms with van der Waals surface area (Å²) in [6.45, 7) is 0. The Morgan fingerprint density at radius 2 is 2.00 bits per heavy atom. The first kappa shape index (κ1) is 9.74. The summed E-state index contributed by atoms with van der Waals surface area (Å²) in [7, 11) is -4.18. The quantitative estimate of drug-likeness (QED) is 0.510. The van der Waals surface area contributed by atoms with E-state index >= 15 is 0 Å². The molecule has 0 heterocycles. The summed E-state index contributed by atoms with van der Waals surface area (Å²) in [6.07, 6.45) is 0. The number of nitrogen functional groups attached to an aromatic ring is 1. The van der Waals surface area contributed by atoms with Crippen LogP contribution in [0.15, 0.2) is 22.7 Å². The number of rotatable bonds is 1. The number of halogens is 1. The van der Waals surface area contributed by atoms with E-state index in [2.05, 4.69) is 15.9 Å². The highest BCUT2D eigenvalue weighted by atomic mass is 79.9. The molecule has 0 aliphatic heterocycles. The largest absolute Gasteiger partial charge is 0.399 e. The summed E-state index contributed by atoms with van der Waals surface area (Å²) in [6, 6.07) is 4.20. The third-order valence-corrected chi connectivity index (χ3v) is 3.27. The molecule has 0 radical (unpaired) electrons. The summed E-state index contributed by atoms with van der Waals surface area (Å²) in [5, 5.41) is -0.0447. The molecule has 66 valence electrons. The summed E-state index contributed by atoms with van der Waals surface area (Å²) in [5.74, 6) is 0. The minimum Gasteiger partial charge on any atom is -0.399 e. The Kier molecular flexibility index (Phi) is 2.58. The average Bonchev–Trinajstić information content (AvgIpc) is 1.83. The van der Waals surface area contributed by atoms with Crippen LogP contribution in [0.3, 0.4) is 0 Å². The molecule has 1 aromatic rings. The second-order valence-corrected chi connectivity index (χ2v) is 4.68. The van der Waals surface area contributed by atoms with E-state index in [1.807, 2.05) is 0 Å². The summed E-state index contributed by atoms with van der Waals surface area (Å²) in [4.78, 5) is 17.6. The molecular weight excluding hydrogens is 245 g/mol. The zero-order chi connectivity index (χ0) is 9.35. The Bertz CT molecular complexity index is 349. The van der Waals surface area contributed by atoms with Crippen molar-refractivity contribution in [3.05, 3.63) is 22.7 Å². The Hall–Kier alpha value is -0.350. The molecule has 12 heavy (non-hydrogen) atoms. The lowest BCUT2D eigenvalue weighted by molar-refractivity contribution is 0.387. The van der Waals surface area contributed by atoms with Crippen LogP contribution in [0.2, 0.25) is 0 Å². The standard InChI is InChI=1S/C6H7BrNO3P/c7-5-3-4(8)1-2-6(5)12(9,10)11/h1-3H,8H2,(H2,9,10,11). The first-order valence-corrected chi connectivity index (χ1v) is 5.43. The highest BCUT2D eigenvalue weighted by Gasteiger charge is 2.19. The molecular formula is C6H7BrNO3P. The Balaban J connectivity index is 3.28. The van der Waals surface area contributed by atoms with Gasteiger partial charge in [0.25, 0.3) is 0 Å². The topological polar surface area (TPSA) is 83.6 Å². The van der Waals surface area contributed by atoms with E-state index in [-0.39, 0.29) is 5.30 Å². The monoisotopic (exact) mass is 251 g/mol. The van der Waals surface area contributed by atoms with Crippen LogP contribution < -0.4 is 11.0 Å². The van der Waals surface area contributed by atoms with Gasteiger partial charge < -0.3 is 15.5 Å². The molecule has 0 aromatic heterocycles. The van der Waals surface area contributed by atoms with Crippen LogP contribution in [0.25, 0.3) is 0 Å². The van der Waals surface area contributed by atoms with Gasteiger partial charge in [-0.25, -0.2) is 0 Å². The van der Waals surface area contributed by atoms with Crippen LogP contribution in [-0.2, 0) is 4.57 Å². The summed E-state index contributed by atoms with van der Waals surface area (Å²) < 4.78 is 11.1. The summed E-state index contributed by atoms with van der Waals surface area (Å²) in [5.41, 5.74) is 5.85. The number of benzene rings is 1. The molecule has 0 bridgehead atoms. The second-order valence-electron chi connectivity index (χ2n) is 2.25. The minimum atomic E-state index is -4.18. The lowest BCUT2D eigenvalue weighted by Gasteiger charge is -2.06. The van der Waals surface area contributed by atoms with Crippen molar-refractivity contribution in [1.29, 1.82) is 0 Å². The molecule has 0 atom stereocenters. The van der Waals surface area contributed by atoms with Gasteiger partial charge in [0.15, 0.2) is 0 Å². The van der Waals surface area contributed by atoms with Crippen LogP contribution >= 0.6 is 23.5 Å². The van der Waals surface area contributed by atoms with Crippen molar-refractivity contribution in [2.24, 2.45) is 0 Å². The highest BCUT2D eigenvalue weighted by molar-refractivity contribution is 9.10. The molecule has 1 rings (SSSR count). The highest BCUT2D eigenvalue weighted by Crippen LogP contribution is 2.36. The maximum Gasteiger partial charge on any atom is 0.357 e. The number of hydrogen-bond acceptors (Lipinski definition) is 2. The van der Waals surface area contributed by atoms with Crippen LogP contribution in [0.1, 0.15) is 0 Å². The lowest BCUT2D eigenvalue weighted by atomic mass is 10.3. The van der Waals surface area contributed by atoms with E-state index in [1.165, 1.54) is 18.2 Å². The lowest BCUT2D eigenvalue weighted by Crippen LogP contribution is -2.05. The molecule has 0 unspecified atom stereocenters. The van der Waals surface area contributed by atoms with Crippen molar-refractivity contribution in [2.45, 2.75) is 0 Å². The van der Waals surface area contributed by atoms with Gasteiger partial charge in [-0.15, -0.1) is 0 Å². The predicted molar refractivity (Wildman–Crippen MR) is 50.2 cm³/mol. The van der Waals surface area contributed by atoms with E-state index in [0.29, 0.717) is 10.2 Å². The first-order chi connectivity index (χ1) is 5.41. The molecule has 1 aromatic carbocycles. The van der Waals surface area contributed by atoms with Crippen molar-refractivity contribution < 1.29 is 14.4 Å². The number of hydrogen-bond donors (Lipinski definition) is 3. The van der Waals surface area contributed by atoms with Gasteiger partial charge >= 0.3 is 7.60 Å². The van der Waals surface area contributed by atoms with E-state index in [4.69, 9.17) is 15.5 Å². The number of anilines is 1. The van der Waals surface area contributed by atoms with Crippen molar-refractivity contribution >= 4 is 34.5 Å². The fourth-order valence-electron chi connectivity index (χ4n) is 0.759. The van der Waals surface area contributed by atoms with Gasteiger partial charge in [0.1, 0.15) is 0 Å². The Morgan fingerprint density at radius 1 is 1.42 bits per heavy atom. The average molecular weight is 252 g/mol. The van der Waals surface area contributed by atoms with Gasteiger partial charge in [0, 0.05) is 10.2 Å². The van der Waals surface area contributed by atoms with Crippen LogP contribution in [0.4, 0.5) is 5.69 Å². The van der Waals surface area contributed by atoms with Crippen LogP contribution in [0, 0.1) is 0 Å². The zero-order valence-electron chi connectivity index (χ0n) is 5.94. The van der Waals surface area contributed by atoms with Crippen molar-refractivity contribution in [3.8, 4) is 0 Å². The van der Waals surface area contributed by atoms with Gasteiger partial charge in [-0.1, -0.05) is 0 Å². The normalized spacial score (nSPS) is 11.6. The second kappa shape index (κ2) is 3.18. The molecule has 0 saturated carbocycles. The smallest absolute Gasteiger partial charge is 0.357 e. The van der Waals surface area contributed by atoms with Gasteiger partial charge in [-0.2, -0.15) is 0 Å². The fourth-order valence-corrected chi connectivity index (χ4v) is 2.46. The molecule has 0 fully saturated rings. The van der Waals surface area contributed by atoms with Crippen LogP contribution in [-0.4, -0.2) is 9.79 Å². The third kappa shape index (κ3) is 2.08. The molecule has 6 heteroatoms. The molecule has 0 saturated heterocycles. The van der Waals surface area contributed by atoms with E-state index in [0.717, 1.165) is 0 Å². The minimum absolute atomic E-state index is 0.0447. The Morgan fingerprint density at radius 3 is 2.42 bits per heavy atom. The van der Waals surface area contributed by atoms with E-state index < -0.39 is 7.60 Å². The molecule has 0 spiro atoms. The van der Waals surface area contributed by atoms with Crippen molar-refractivity contribution in [3.63, 3.8) is 0 Å². The first-order valence-electron chi connectivity index (χ1n) is 3.02. The van der Waals surface area contributed by atoms with Gasteiger partial charge in [0.05, 0.1) is 5.30 Å². The maximum atomic E-state index is 10.8. The van der Waals surface area contributed by atoms with E-state index in [1.54, 1.807) is 0 Å².